The predicted molar refractivity (Wildman–Crippen MR) is 178 cm³/mol. The van der Waals surface area contributed by atoms with Crippen LogP contribution in [-0.4, -0.2) is 76.9 Å². The Morgan fingerprint density at radius 3 is 2.43 bits per heavy atom. The van der Waals surface area contributed by atoms with Crippen molar-refractivity contribution < 1.29 is 24.3 Å². The molecule has 13 nitrogen and oxygen atoms in total. The minimum atomic E-state index is -0.966. The highest BCUT2D eigenvalue weighted by molar-refractivity contribution is 6.23. The van der Waals surface area contributed by atoms with Gasteiger partial charge in [-0.15, -0.1) is 0 Å². The van der Waals surface area contributed by atoms with Gasteiger partial charge in [-0.1, -0.05) is 0 Å². The molecule has 4 aromatic rings. The zero-order valence-electron chi connectivity index (χ0n) is 27.0. The monoisotopic (exact) mass is 662 g/mol. The first-order valence-corrected chi connectivity index (χ1v) is 17.5. The first kappa shape index (κ1) is 30.2. The molecular formula is C36H38N8O5. The normalized spacial score (nSPS) is 26.5. The van der Waals surface area contributed by atoms with Gasteiger partial charge in [-0.25, -0.2) is 0 Å². The number of carbonyl (C=O) groups is 4. The van der Waals surface area contributed by atoms with Crippen molar-refractivity contribution in [3.8, 4) is 11.3 Å². The maximum absolute atomic E-state index is 13.1. The minimum absolute atomic E-state index is 0.0960. The molecule has 0 bridgehead atoms. The maximum atomic E-state index is 13.1. The summed E-state index contributed by atoms with van der Waals surface area (Å²) in [5.74, 6) is -0.874. The molecule has 1 unspecified atom stereocenters. The minimum Gasteiger partial charge on any atom is -0.393 e. The molecule has 4 fully saturated rings. The lowest BCUT2D eigenvalue weighted by molar-refractivity contribution is -0.136. The molecule has 3 aromatic heterocycles. The van der Waals surface area contributed by atoms with Crippen LogP contribution in [0.25, 0.3) is 22.2 Å². The molecule has 5 heterocycles. The highest BCUT2D eigenvalue weighted by Gasteiger charge is 2.44. The lowest BCUT2D eigenvalue weighted by atomic mass is 9.77. The molecule has 2 aliphatic heterocycles. The summed E-state index contributed by atoms with van der Waals surface area (Å²) in [4.78, 5) is 55.8. The third-order valence-corrected chi connectivity index (χ3v) is 11.0. The lowest BCUT2D eigenvalue weighted by Crippen LogP contribution is -2.54. The zero-order chi connectivity index (χ0) is 33.4. The first-order valence-electron chi connectivity index (χ1n) is 17.5. The van der Waals surface area contributed by atoms with Crippen LogP contribution in [0, 0.1) is 5.92 Å². The van der Waals surface area contributed by atoms with Gasteiger partial charge in [-0.3, -0.25) is 43.7 Å². The molecule has 13 heteroatoms. The van der Waals surface area contributed by atoms with Gasteiger partial charge in [0.05, 0.1) is 46.2 Å². The Hall–Kier alpha value is -4.91. The number of hydrogen-bond acceptors (Lipinski definition) is 9. The van der Waals surface area contributed by atoms with Gasteiger partial charge in [0.1, 0.15) is 6.04 Å². The van der Waals surface area contributed by atoms with E-state index < -0.39 is 29.7 Å². The van der Waals surface area contributed by atoms with Gasteiger partial charge in [0.25, 0.3) is 11.8 Å². The number of amides is 4. The van der Waals surface area contributed by atoms with Crippen LogP contribution in [-0.2, 0) is 9.59 Å². The summed E-state index contributed by atoms with van der Waals surface area (Å²) in [5.41, 5.74) is 5.43. The van der Waals surface area contributed by atoms with Crippen molar-refractivity contribution in [3.05, 3.63) is 59.7 Å². The fourth-order valence-electron chi connectivity index (χ4n) is 7.85. The summed E-state index contributed by atoms with van der Waals surface area (Å²) in [5, 5.41) is 26.2. The van der Waals surface area contributed by atoms with Crippen molar-refractivity contribution in [1.82, 2.24) is 34.8 Å². The van der Waals surface area contributed by atoms with Crippen LogP contribution in [0.15, 0.2) is 42.9 Å². The molecular weight excluding hydrogens is 624 g/mol. The van der Waals surface area contributed by atoms with E-state index in [2.05, 4.69) is 27.6 Å². The summed E-state index contributed by atoms with van der Waals surface area (Å²) in [6.07, 6.45) is 14.2. The van der Waals surface area contributed by atoms with Gasteiger partial charge in [-0.05, 0) is 88.0 Å². The molecule has 0 spiro atoms. The van der Waals surface area contributed by atoms with Gasteiger partial charge in [0.15, 0.2) is 0 Å². The van der Waals surface area contributed by atoms with Gasteiger partial charge in [0.2, 0.25) is 11.8 Å². The molecule has 252 valence electrons. The molecule has 3 N–H and O–H groups in total. The number of anilines is 1. The van der Waals surface area contributed by atoms with Gasteiger partial charge >= 0.3 is 0 Å². The highest BCUT2D eigenvalue weighted by atomic mass is 16.3. The van der Waals surface area contributed by atoms with E-state index in [1.54, 1.807) is 18.2 Å². The van der Waals surface area contributed by atoms with E-state index >= 15 is 0 Å². The third-order valence-electron chi connectivity index (χ3n) is 11.0. The van der Waals surface area contributed by atoms with Crippen LogP contribution in [0.1, 0.15) is 109 Å². The van der Waals surface area contributed by atoms with Crippen molar-refractivity contribution in [1.29, 1.82) is 0 Å². The fraction of sp³-hybridized carbons (Fsp3) is 0.472. The number of piperidine rings is 1. The molecule has 1 aromatic carbocycles. The Balaban J connectivity index is 0.790. The van der Waals surface area contributed by atoms with Crippen LogP contribution in [0.2, 0.25) is 0 Å². The quantitative estimate of drug-likeness (QED) is 0.167. The molecule has 3 aliphatic carbocycles. The Labute approximate surface area is 282 Å². The number of aromatic nitrogens is 5. The van der Waals surface area contributed by atoms with Crippen LogP contribution in [0.3, 0.4) is 0 Å². The van der Waals surface area contributed by atoms with Crippen molar-refractivity contribution >= 4 is 40.2 Å². The van der Waals surface area contributed by atoms with Crippen molar-refractivity contribution in [2.24, 2.45) is 5.92 Å². The molecule has 1 atom stereocenters. The topological polar surface area (TPSA) is 164 Å². The summed E-state index contributed by atoms with van der Waals surface area (Å²) >= 11 is 0. The Morgan fingerprint density at radius 2 is 1.65 bits per heavy atom. The standard InChI is InChI=1S/C36H38N8O5/c45-25-13-24(14-25)42-17-21-16-38-30(15-29(21)40-42)28-18-43(41-33(28)20-3-4-20)23-10-19(11-23)2-1-9-37-22-5-6-26-27(12-22)36(49)44(35(26)48)31-7-8-32(46)39-34(31)47/h5-6,12,15-20,23-25,31,37,45H,1-4,7-11,13-14H2,(H,39,46,47). The highest BCUT2D eigenvalue weighted by Crippen LogP contribution is 2.46. The molecule has 4 amide bonds. The molecule has 0 radical (unpaired) electrons. The number of fused-ring (bicyclic) bond motifs is 2. The maximum Gasteiger partial charge on any atom is 0.262 e. The van der Waals surface area contributed by atoms with Crippen LogP contribution < -0.4 is 10.6 Å². The number of nitrogens with zero attached hydrogens (tertiary/aromatic N) is 6. The number of nitrogens with one attached hydrogen (secondary N) is 2. The van der Waals surface area contributed by atoms with Crippen molar-refractivity contribution in [2.75, 3.05) is 11.9 Å². The van der Waals surface area contributed by atoms with E-state index in [-0.39, 0.29) is 36.1 Å². The van der Waals surface area contributed by atoms with Crippen LogP contribution in [0.5, 0.6) is 0 Å². The van der Waals surface area contributed by atoms with Gasteiger partial charge < -0.3 is 10.4 Å². The number of hydrogen-bond donors (Lipinski definition) is 3. The van der Waals surface area contributed by atoms with Crippen LogP contribution in [0.4, 0.5) is 5.69 Å². The Morgan fingerprint density at radius 1 is 0.878 bits per heavy atom. The largest absolute Gasteiger partial charge is 0.393 e. The molecule has 1 saturated heterocycles. The van der Waals surface area contributed by atoms with E-state index in [1.807, 2.05) is 17.1 Å². The van der Waals surface area contributed by atoms with Gasteiger partial charge in [-0.2, -0.15) is 10.2 Å². The summed E-state index contributed by atoms with van der Waals surface area (Å²) in [6, 6.07) is 6.86. The molecule has 49 heavy (non-hydrogen) atoms. The van der Waals surface area contributed by atoms with Crippen molar-refractivity contribution in [3.63, 3.8) is 0 Å². The number of benzene rings is 1. The second kappa shape index (κ2) is 11.6. The van der Waals surface area contributed by atoms with E-state index in [0.29, 0.717) is 17.9 Å². The second-order valence-electron chi connectivity index (χ2n) is 14.5. The van der Waals surface area contributed by atoms with E-state index in [0.717, 1.165) is 96.4 Å². The van der Waals surface area contributed by atoms with Crippen molar-refractivity contribution in [2.45, 2.75) is 94.4 Å². The van der Waals surface area contributed by atoms with E-state index in [1.165, 1.54) is 0 Å². The first-order chi connectivity index (χ1) is 23.8. The Bertz CT molecular complexity index is 2020. The third kappa shape index (κ3) is 5.40. The second-order valence-corrected chi connectivity index (χ2v) is 14.5. The number of aliphatic hydroxyl groups excluding tert-OH is 1. The number of imide groups is 2. The molecule has 9 rings (SSSR count). The number of rotatable bonds is 10. The SMILES string of the molecule is O=C1CCC(N2C(=O)c3ccc(NCCCC4CC(n5cc(-c6cc7nn(C8CC(O)C8)cc7cn6)c(C6CC6)n5)C4)cc3C2=O)C(=O)N1. The summed E-state index contributed by atoms with van der Waals surface area (Å²) in [7, 11) is 0. The lowest BCUT2D eigenvalue weighted by Gasteiger charge is -2.35. The predicted octanol–water partition coefficient (Wildman–Crippen LogP) is 4.11. The fourth-order valence-corrected chi connectivity index (χ4v) is 7.85. The smallest absolute Gasteiger partial charge is 0.262 e. The summed E-state index contributed by atoms with van der Waals surface area (Å²) in [6.45, 7) is 0.738. The average Bonchev–Trinajstić information content (AvgIpc) is 3.58. The van der Waals surface area contributed by atoms with Crippen LogP contribution >= 0.6 is 0 Å². The molecule has 5 aliphatic rings. The zero-order valence-corrected chi connectivity index (χ0v) is 27.0. The number of aliphatic hydroxyl groups is 1. The molecule has 3 saturated carbocycles. The number of pyridine rings is 1. The van der Waals surface area contributed by atoms with E-state index in [4.69, 9.17) is 15.2 Å². The Kier molecular flexibility index (Phi) is 7.15. The average molecular weight is 663 g/mol. The van der Waals surface area contributed by atoms with E-state index in [9.17, 15) is 24.3 Å². The van der Waals surface area contributed by atoms with Gasteiger partial charge in [0, 0.05) is 54.1 Å². The summed E-state index contributed by atoms with van der Waals surface area (Å²) < 4.78 is 4.14. The number of carbonyl (C=O) groups excluding carboxylic acids is 4.